The van der Waals surface area contributed by atoms with E-state index in [1.165, 1.54) is 16.8 Å². The van der Waals surface area contributed by atoms with E-state index >= 15 is 0 Å². The molecular formula is C15H17N3O4S2. The topological polar surface area (TPSA) is 103 Å². The molecule has 0 amide bonds. The summed E-state index contributed by atoms with van der Waals surface area (Å²) in [7, 11) is -2.66. The van der Waals surface area contributed by atoms with E-state index in [0.717, 1.165) is 17.1 Å². The largest absolute Gasteiger partial charge is 0.464 e. The number of hydrogen-bond acceptors (Lipinski definition) is 7. The lowest BCUT2D eigenvalue weighted by atomic mass is 9.95. The van der Waals surface area contributed by atoms with Gasteiger partial charge in [-0.25, -0.2) is 13.2 Å². The Bertz CT molecular complexity index is 835. The lowest BCUT2D eigenvalue weighted by Crippen LogP contribution is -2.32. The molecule has 3 rings (SSSR count). The van der Waals surface area contributed by atoms with Crippen molar-refractivity contribution in [1.29, 1.82) is 0 Å². The summed E-state index contributed by atoms with van der Waals surface area (Å²) >= 11 is 0.906. The summed E-state index contributed by atoms with van der Waals surface area (Å²) in [6, 6.07) is 9.27. The summed E-state index contributed by atoms with van der Waals surface area (Å²) in [5, 5.41) is 1.35. The number of carbonyl (C=O) groups excluding carboxylic acids is 1. The molecule has 2 heterocycles. The fraction of sp³-hybridized carbons (Fsp3) is 0.333. The van der Waals surface area contributed by atoms with Crippen LogP contribution in [-0.2, 0) is 14.8 Å². The van der Waals surface area contributed by atoms with Crippen molar-refractivity contribution >= 4 is 27.5 Å². The maximum absolute atomic E-state index is 12.9. The summed E-state index contributed by atoms with van der Waals surface area (Å²) in [6.45, 7) is 0.461. The Kier molecular flexibility index (Phi) is 4.68. The number of aromatic nitrogens is 1. The van der Waals surface area contributed by atoms with Gasteiger partial charge in [0.25, 0.3) is 0 Å². The minimum Gasteiger partial charge on any atom is -0.464 e. The molecule has 24 heavy (non-hydrogen) atoms. The molecule has 2 N–H and O–H groups in total. The standard InChI is InChI=1S/C15H17N3O4S2/c1-22-15(19)14-13(9-23-17-14)24(20,21)18-7-11(12(16)8-18)10-5-3-2-4-6-10/h2-6,9,11-12H,7-8,16H2,1H3/t11-,12+/m0/s1. The van der Waals surface area contributed by atoms with Crippen LogP contribution in [0.5, 0.6) is 0 Å². The Morgan fingerprint density at radius 3 is 2.71 bits per heavy atom. The van der Waals surface area contributed by atoms with E-state index in [4.69, 9.17) is 5.73 Å². The lowest BCUT2D eigenvalue weighted by Gasteiger charge is -2.16. The van der Waals surface area contributed by atoms with Gasteiger partial charge in [0, 0.05) is 30.4 Å². The minimum atomic E-state index is -3.85. The van der Waals surface area contributed by atoms with Gasteiger partial charge in [-0.3, -0.25) is 0 Å². The molecule has 1 fully saturated rings. The van der Waals surface area contributed by atoms with Crippen LogP contribution in [0.4, 0.5) is 0 Å². The number of esters is 1. The van der Waals surface area contributed by atoms with Gasteiger partial charge >= 0.3 is 5.97 Å². The second-order valence-corrected chi connectivity index (χ2v) is 8.06. The smallest absolute Gasteiger partial charge is 0.359 e. The Balaban J connectivity index is 1.90. The van der Waals surface area contributed by atoms with Gasteiger partial charge < -0.3 is 10.5 Å². The number of benzene rings is 1. The van der Waals surface area contributed by atoms with Gasteiger partial charge in [-0.15, -0.1) is 0 Å². The maximum Gasteiger partial charge on any atom is 0.359 e. The second-order valence-electron chi connectivity index (χ2n) is 5.52. The third kappa shape index (κ3) is 2.95. The maximum atomic E-state index is 12.9. The zero-order valence-corrected chi connectivity index (χ0v) is 14.6. The zero-order valence-electron chi connectivity index (χ0n) is 13.0. The average molecular weight is 367 g/mol. The molecule has 1 aromatic carbocycles. The van der Waals surface area contributed by atoms with Crippen LogP contribution in [0.25, 0.3) is 0 Å². The minimum absolute atomic E-state index is 0.0888. The average Bonchev–Trinajstić information content (AvgIpc) is 3.22. The highest BCUT2D eigenvalue weighted by atomic mass is 32.2. The molecule has 0 unspecified atom stereocenters. The van der Waals surface area contributed by atoms with E-state index in [-0.39, 0.29) is 35.6 Å². The number of ether oxygens (including phenoxy) is 1. The van der Waals surface area contributed by atoms with Crippen molar-refractivity contribution in [1.82, 2.24) is 8.68 Å². The first kappa shape index (κ1) is 17.0. The predicted molar refractivity (Wildman–Crippen MR) is 89.4 cm³/mol. The quantitative estimate of drug-likeness (QED) is 0.810. The van der Waals surface area contributed by atoms with Crippen LogP contribution >= 0.6 is 11.5 Å². The monoisotopic (exact) mass is 367 g/mol. The number of methoxy groups -OCH3 is 1. The van der Waals surface area contributed by atoms with Gasteiger partial charge in [0.2, 0.25) is 10.0 Å². The number of rotatable bonds is 4. The van der Waals surface area contributed by atoms with Gasteiger partial charge in [0.1, 0.15) is 4.90 Å². The Labute approximate surface area is 144 Å². The molecule has 0 radical (unpaired) electrons. The highest BCUT2D eigenvalue weighted by molar-refractivity contribution is 7.89. The van der Waals surface area contributed by atoms with Crippen LogP contribution < -0.4 is 5.73 Å². The lowest BCUT2D eigenvalue weighted by molar-refractivity contribution is 0.0590. The first-order valence-electron chi connectivity index (χ1n) is 7.28. The van der Waals surface area contributed by atoms with E-state index in [9.17, 15) is 13.2 Å². The Morgan fingerprint density at radius 1 is 1.33 bits per heavy atom. The van der Waals surface area contributed by atoms with E-state index in [1.807, 2.05) is 30.3 Å². The molecule has 128 valence electrons. The van der Waals surface area contributed by atoms with Gasteiger partial charge in [-0.05, 0) is 17.1 Å². The number of nitrogens with zero attached hydrogens (tertiary/aromatic N) is 2. The molecule has 0 aliphatic carbocycles. The Hall–Kier alpha value is -1.81. The SMILES string of the molecule is COC(=O)c1nscc1S(=O)(=O)N1C[C@@H](N)[C@H](c2ccccc2)C1. The number of sulfonamides is 1. The molecule has 2 aromatic rings. The van der Waals surface area contributed by atoms with Crippen molar-refractivity contribution < 1.29 is 17.9 Å². The summed E-state index contributed by atoms with van der Waals surface area (Å²) in [4.78, 5) is 11.6. The highest BCUT2D eigenvalue weighted by Crippen LogP contribution is 2.31. The van der Waals surface area contributed by atoms with Crippen LogP contribution in [0, 0.1) is 0 Å². The van der Waals surface area contributed by atoms with Gasteiger partial charge in [-0.1, -0.05) is 30.3 Å². The zero-order chi connectivity index (χ0) is 17.3. The van der Waals surface area contributed by atoms with E-state index in [1.54, 1.807) is 0 Å². The van der Waals surface area contributed by atoms with E-state index in [0.29, 0.717) is 0 Å². The third-order valence-corrected chi connectivity index (χ3v) is 6.72. The summed E-state index contributed by atoms with van der Waals surface area (Å²) < 4.78 is 35.5. The van der Waals surface area contributed by atoms with Crippen LogP contribution in [0.15, 0.2) is 40.6 Å². The van der Waals surface area contributed by atoms with Crippen molar-refractivity contribution in [3.05, 3.63) is 47.0 Å². The summed E-state index contributed by atoms with van der Waals surface area (Å²) in [6.07, 6.45) is 0. The third-order valence-electron chi connectivity index (χ3n) is 4.09. The van der Waals surface area contributed by atoms with Crippen molar-refractivity contribution in [2.45, 2.75) is 16.9 Å². The number of carbonyl (C=O) groups is 1. The molecule has 9 heteroatoms. The first-order chi connectivity index (χ1) is 11.4. The summed E-state index contributed by atoms with van der Waals surface area (Å²) in [5.74, 6) is -0.855. The van der Waals surface area contributed by atoms with Gasteiger partial charge in [0.05, 0.1) is 7.11 Å². The van der Waals surface area contributed by atoms with Crippen LogP contribution in [-0.4, -0.2) is 49.3 Å². The first-order valence-corrected chi connectivity index (χ1v) is 9.56. The molecule has 1 saturated heterocycles. The number of nitrogens with two attached hydrogens (primary N) is 1. The molecule has 2 atom stereocenters. The molecule has 1 aliphatic heterocycles. The van der Waals surface area contributed by atoms with Crippen LogP contribution in [0.1, 0.15) is 22.0 Å². The molecule has 0 spiro atoms. The molecular weight excluding hydrogens is 350 g/mol. The fourth-order valence-corrected chi connectivity index (χ4v) is 5.41. The molecule has 0 saturated carbocycles. The van der Waals surface area contributed by atoms with Crippen LogP contribution in [0.2, 0.25) is 0 Å². The van der Waals surface area contributed by atoms with Crippen molar-refractivity contribution in [2.24, 2.45) is 5.73 Å². The molecule has 1 aromatic heterocycles. The van der Waals surface area contributed by atoms with Gasteiger partial charge in [-0.2, -0.15) is 8.68 Å². The van der Waals surface area contributed by atoms with E-state index in [2.05, 4.69) is 9.11 Å². The van der Waals surface area contributed by atoms with E-state index < -0.39 is 16.0 Å². The molecule has 1 aliphatic rings. The highest BCUT2D eigenvalue weighted by Gasteiger charge is 2.40. The van der Waals surface area contributed by atoms with Crippen molar-refractivity contribution in [2.75, 3.05) is 20.2 Å². The number of hydrogen-bond donors (Lipinski definition) is 1. The molecule has 0 bridgehead atoms. The normalized spacial score (nSPS) is 21.8. The van der Waals surface area contributed by atoms with Crippen molar-refractivity contribution in [3.8, 4) is 0 Å². The predicted octanol–water partition coefficient (Wildman–Crippen LogP) is 1.05. The summed E-state index contributed by atoms with van der Waals surface area (Å²) in [5.41, 5.74) is 6.98. The Morgan fingerprint density at radius 2 is 2.04 bits per heavy atom. The fourth-order valence-electron chi connectivity index (χ4n) is 2.83. The van der Waals surface area contributed by atoms with Crippen molar-refractivity contribution in [3.63, 3.8) is 0 Å². The van der Waals surface area contributed by atoms with Gasteiger partial charge in [0.15, 0.2) is 5.69 Å². The molecule has 7 nitrogen and oxygen atoms in total. The second kappa shape index (κ2) is 6.60. The van der Waals surface area contributed by atoms with Crippen LogP contribution in [0.3, 0.4) is 0 Å².